The minimum absolute atomic E-state index is 0.196. The van der Waals surface area contributed by atoms with E-state index < -0.39 is 0 Å². The third-order valence-electron chi connectivity index (χ3n) is 6.44. The number of aliphatic hydroxyl groups is 1. The molecule has 2 heteroatoms. The fraction of sp³-hybridized carbons (Fsp3) is 0.964. The van der Waals surface area contributed by atoms with Gasteiger partial charge in [0.25, 0.3) is 0 Å². The summed E-state index contributed by atoms with van der Waals surface area (Å²) in [5.74, 6) is 0.402. The van der Waals surface area contributed by atoms with Crippen molar-refractivity contribution in [3.63, 3.8) is 0 Å². The maximum Gasteiger partial charge on any atom is 0.132 e. The number of Topliss-reactive ketones (excluding diaryl/α,β-unsaturated/α-hetero) is 1. The van der Waals surface area contributed by atoms with Crippen LogP contribution in [0.4, 0.5) is 0 Å². The highest BCUT2D eigenvalue weighted by atomic mass is 16.3. The molecule has 0 saturated carbocycles. The van der Waals surface area contributed by atoms with Crippen molar-refractivity contribution in [3.05, 3.63) is 0 Å². The number of carbonyl (C=O) groups excluding carboxylic acids is 1. The molecule has 0 aliphatic carbocycles. The lowest BCUT2D eigenvalue weighted by Crippen LogP contribution is -2.07. The second-order valence-electron chi connectivity index (χ2n) is 9.63. The molecule has 0 spiro atoms. The van der Waals surface area contributed by atoms with Gasteiger partial charge < -0.3 is 5.11 Å². The molecule has 2 nitrogen and oxygen atoms in total. The Kier molecular flexibility index (Phi) is 24.6. The molecule has 0 radical (unpaired) electrons. The maximum atomic E-state index is 11.9. The molecular weight excluding hydrogens is 368 g/mol. The second-order valence-corrected chi connectivity index (χ2v) is 9.63. The van der Waals surface area contributed by atoms with E-state index in [1.807, 2.05) is 0 Å². The summed E-state index contributed by atoms with van der Waals surface area (Å²) in [6.07, 6.45) is 29.4. The predicted octanol–water partition coefficient (Wildman–Crippen LogP) is 9.32. The van der Waals surface area contributed by atoms with E-state index in [1.165, 1.54) is 103 Å². The molecule has 1 atom stereocenters. The fourth-order valence-corrected chi connectivity index (χ4v) is 4.29. The summed E-state index contributed by atoms with van der Waals surface area (Å²) in [7, 11) is 0. The van der Waals surface area contributed by atoms with E-state index in [-0.39, 0.29) is 6.10 Å². The van der Waals surface area contributed by atoms with Gasteiger partial charge in [0.15, 0.2) is 0 Å². The number of aliphatic hydroxyl groups excluding tert-OH is 1. The number of rotatable bonds is 25. The first-order valence-electron chi connectivity index (χ1n) is 13.9. The Morgan fingerprint density at radius 1 is 0.500 bits per heavy atom. The molecule has 0 aromatic heterocycles. The van der Waals surface area contributed by atoms with Crippen LogP contribution in [-0.4, -0.2) is 17.0 Å². The van der Waals surface area contributed by atoms with Crippen LogP contribution in [0.25, 0.3) is 0 Å². The summed E-state index contributed by atoms with van der Waals surface area (Å²) in [5.41, 5.74) is 0. The minimum Gasteiger partial charge on any atom is -0.393 e. The SMILES string of the molecule is CCCCCCCCCCCCCCCCCCCC(=O)CCC[C@H](O)CCCC. The Hall–Kier alpha value is -0.370. The average Bonchev–Trinajstić information content (AvgIpc) is 2.74. The van der Waals surface area contributed by atoms with E-state index in [0.717, 1.165) is 44.9 Å². The molecule has 30 heavy (non-hydrogen) atoms. The van der Waals surface area contributed by atoms with Crippen molar-refractivity contribution in [1.82, 2.24) is 0 Å². The van der Waals surface area contributed by atoms with Crippen molar-refractivity contribution in [3.8, 4) is 0 Å². The first-order valence-corrected chi connectivity index (χ1v) is 13.9. The van der Waals surface area contributed by atoms with Crippen molar-refractivity contribution in [2.45, 2.75) is 174 Å². The number of carbonyl (C=O) groups is 1. The fourth-order valence-electron chi connectivity index (χ4n) is 4.29. The van der Waals surface area contributed by atoms with Gasteiger partial charge in [-0.3, -0.25) is 4.79 Å². The van der Waals surface area contributed by atoms with Gasteiger partial charge in [0.1, 0.15) is 5.78 Å². The lowest BCUT2D eigenvalue weighted by Gasteiger charge is -2.09. The van der Waals surface area contributed by atoms with Crippen molar-refractivity contribution >= 4 is 5.78 Å². The average molecular weight is 425 g/mol. The van der Waals surface area contributed by atoms with E-state index in [0.29, 0.717) is 12.2 Å². The second kappa shape index (κ2) is 24.9. The topological polar surface area (TPSA) is 37.3 Å². The smallest absolute Gasteiger partial charge is 0.132 e. The monoisotopic (exact) mass is 424 g/mol. The molecule has 0 fully saturated rings. The van der Waals surface area contributed by atoms with Crippen LogP contribution in [0.3, 0.4) is 0 Å². The molecule has 0 aromatic carbocycles. The highest BCUT2D eigenvalue weighted by Crippen LogP contribution is 2.15. The highest BCUT2D eigenvalue weighted by molar-refractivity contribution is 5.78. The quantitative estimate of drug-likeness (QED) is 0.148. The van der Waals surface area contributed by atoms with Crippen molar-refractivity contribution in [2.24, 2.45) is 0 Å². The Labute approximate surface area is 190 Å². The van der Waals surface area contributed by atoms with E-state index >= 15 is 0 Å². The molecule has 0 bridgehead atoms. The number of hydrogen-bond acceptors (Lipinski definition) is 2. The molecule has 0 aliphatic rings. The molecule has 0 rings (SSSR count). The Morgan fingerprint density at radius 3 is 1.27 bits per heavy atom. The van der Waals surface area contributed by atoms with Gasteiger partial charge in [-0.2, -0.15) is 0 Å². The van der Waals surface area contributed by atoms with E-state index in [2.05, 4.69) is 13.8 Å². The van der Waals surface area contributed by atoms with Crippen LogP contribution < -0.4 is 0 Å². The molecule has 180 valence electrons. The normalized spacial score (nSPS) is 12.4. The maximum absolute atomic E-state index is 11.9. The van der Waals surface area contributed by atoms with E-state index in [4.69, 9.17) is 0 Å². The molecular formula is C28H56O2. The summed E-state index contributed by atoms with van der Waals surface area (Å²) in [6, 6.07) is 0. The van der Waals surface area contributed by atoms with Crippen LogP contribution in [0.15, 0.2) is 0 Å². The molecule has 0 heterocycles. The van der Waals surface area contributed by atoms with E-state index in [1.54, 1.807) is 0 Å². The number of unbranched alkanes of at least 4 members (excludes halogenated alkanes) is 17. The molecule has 0 amide bonds. The number of hydrogen-bond donors (Lipinski definition) is 1. The third-order valence-corrected chi connectivity index (χ3v) is 6.44. The summed E-state index contributed by atoms with van der Waals surface area (Å²) in [6.45, 7) is 4.43. The van der Waals surface area contributed by atoms with Gasteiger partial charge in [-0.1, -0.05) is 129 Å². The largest absolute Gasteiger partial charge is 0.393 e. The van der Waals surface area contributed by atoms with Crippen molar-refractivity contribution < 1.29 is 9.90 Å². The van der Waals surface area contributed by atoms with Crippen molar-refractivity contribution in [1.29, 1.82) is 0 Å². The predicted molar refractivity (Wildman–Crippen MR) is 133 cm³/mol. The highest BCUT2D eigenvalue weighted by Gasteiger charge is 2.06. The van der Waals surface area contributed by atoms with Gasteiger partial charge in [0, 0.05) is 12.8 Å². The molecule has 0 aliphatic heterocycles. The molecule has 0 saturated heterocycles. The van der Waals surface area contributed by atoms with E-state index in [9.17, 15) is 9.90 Å². The lowest BCUT2D eigenvalue weighted by molar-refractivity contribution is -0.119. The van der Waals surface area contributed by atoms with Gasteiger partial charge in [-0.25, -0.2) is 0 Å². The van der Waals surface area contributed by atoms with Crippen LogP contribution in [0, 0.1) is 0 Å². The van der Waals surface area contributed by atoms with Crippen LogP contribution in [-0.2, 0) is 4.79 Å². The zero-order chi connectivity index (χ0) is 22.1. The summed E-state index contributed by atoms with van der Waals surface area (Å²) in [4.78, 5) is 11.9. The molecule has 0 unspecified atom stereocenters. The van der Waals surface area contributed by atoms with Gasteiger partial charge in [0.05, 0.1) is 6.10 Å². The molecule has 0 aromatic rings. The summed E-state index contributed by atoms with van der Waals surface area (Å²) < 4.78 is 0. The first kappa shape index (κ1) is 29.6. The van der Waals surface area contributed by atoms with Crippen LogP contribution in [0.1, 0.15) is 168 Å². The van der Waals surface area contributed by atoms with Gasteiger partial charge in [-0.15, -0.1) is 0 Å². The Morgan fingerprint density at radius 2 is 0.833 bits per heavy atom. The van der Waals surface area contributed by atoms with Crippen LogP contribution in [0.5, 0.6) is 0 Å². The minimum atomic E-state index is -0.196. The summed E-state index contributed by atoms with van der Waals surface area (Å²) >= 11 is 0. The van der Waals surface area contributed by atoms with Crippen molar-refractivity contribution in [2.75, 3.05) is 0 Å². The summed E-state index contributed by atoms with van der Waals surface area (Å²) in [5, 5.41) is 9.81. The lowest BCUT2D eigenvalue weighted by atomic mass is 10.0. The zero-order valence-corrected chi connectivity index (χ0v) is 20.9. The third kappa shape index (κ3) is 23.9. The standard InChI is InChI=1S/C28H56O2/c1-3-5-7-8-9-10-11-12-13-14-15-16-17-18-19-20-21-24-28(30)26-22-25-27(29)23-6-4-2/h27,29H,3-26H2,1-2H3/t27-/m1/s1. The number of ketones is 1. The van der Waals surface area contributed by atoms with Crippen LogP contribution in [0.2, 0.25) is 0 Å². The van der Waals surface area contributed by atoms with Gasteiger partial charge >= 0.3 is 0 Å². The first-order chi connectivity index (χ1) is 14.7. The van der Waals surface area contributed by atoms with Gasteiger partial charge in [-0.05, 0) is 25.7 Å². The van der Waals surface area contributed by atoms with Crippen LogP contribution >= 0.6 is 0 Å². The molecule has 1 N–H and O–H groups in total. The Bertz CT molecular complexity index is 340. The zero-order valence-electron chi connectivity index (χ0n) is 20.9. The van der Waals surface area contributed by atoms with Gasteiger partial charge in [0.2, 0.25) is 0 Å². The Balaban J connectivity index is 3.17.